The van der Waals surface area contributed by atoms with Gasteiger partial charge in [0, 0.05) is 12.6 Å². The normalized spacial score (nSPS) is 24.1. The zero-order chi connectivity index (χ0) is 13.5. The van der Waals surface area contributed by atoms with Crippen molar-refractivity contribution in [3.8, 4) is 0 Å². The van der Waals surface area contributed by atoms with Crippen molar-refractivity contribution in [2.75, 3.05) is 6.54 Å². The molecule has 0 amide bonds. The smallest absolute Gasteiger partial charge is 0.0169 e. The summed E-state index contributed by atoms with van der Waals surface area (Å²) >= 11 is 0. The molecule has 0 bridgehead atoms. The Morgan fingerprint density at radius 3 is 2.11 bits per heavy atom. The van der Waals surface area contributed by atoms with E-state index < -0.39 is 0 Å². The lowest BCUT2D eigenvalue weighted by molar-refractivity contribution is 0.378. The predicted octanol–water partition coefficient (Wildman–Crippen LogP) is 5.07. The fourth-order valence-electron chi connectivity index (χ4n) is 3.74. The first-order chi connectivity index (χ1) is 9.25. The predicted molar refractivity (Wildman–Crippen MR) is 84.4 cm³/mol. The van der Waals surface area contributed by atoms with E-state index in [1.54, 1.807) is 5.57 Å². The van der Waals surface area contributed by atoms with Crippen molar-refractivity contribution in [1.82, 2.24) is 5.32 Å². The van der Waals surface area contributed by atoms with Gasteiger partial charge in [0.1, 0.15) is 0 Å². The molecule has 0 atom stereocenters. The van der Waals surface area contributed by atoms with Gasteiger partial charge in [-0.15, -0.1) is 0 Å². The summed E-state index contributed by atoms with van der Waals surface area (Å²) in [5.41, 5.74) is 1.75. The number of hydrogen-bond donors (Lipinski definition) is 1. The van der Waals surface area contributed by atoms with Crippen LogP contribution in [0.25, 0.3) is 0 Å². The summed E-state index contributed by atoms with van der Waals surface area (Å²) in [7, 11) is 0. The molecule has 1 nitrogen and oxygen atoms in total. The molecule has 110 valence electrons. The van der Waals surface area contributed by atoms with Gasteiger partial charge in [0.15, 0.2) is 0 Å². The Kier molecular flexibility index (Phi) is 6.43. The topological polar surface area (TPSA) is 12.0 Å². The molecule has 2 aliphatic carbocycles. The highest BCUT2D eigenvalue weighted by atomic mass is 14.9. The minimum Gasteiger partial charge on any atom is -0.311 e. The first kappa shape index (κ1) is 15.1. The van der Waals surface area contributed by atoms with Crippen LogP contribution in [0.4, 0.5) is 0 Å². The average Bonchev–Trinajstić information content (AvgIpc) is 2.45. The van der Waals surface area contributed by atoms with E-state index in [9.17, 15) is 0 Å². The number of hydrogen-bond acceptors (Lipinski definition) is 1. The van der Waals surface area contributed by atoms with Crippen LogP contribution in [0.3, 0.4) is 0 Å². The van der Waals surface area contributed by atoms with E-state index >= 15 is 0 Å². The van der Waals surface area contributed by atoms with Gasteiger partial charge in [-0.05, 0) is 37.5 Å². The van der Waals surface area contributed by atoms with Crippen LogP contribution in [0, 0.1) is 11.8 Å². The van der Waals surface area contributed by atoms with E-state index in [1.807, 2.05) is 0 Å². The SMILES string of the molecule is CC(C)NCC(=CC1CCCCC1)C1CCCCC1. The molecule has 0 aliphatic heterocycles. The van der Waals surface area contributed by atoms with Gasteiger partial charge in [-0.1, -0.05) is 64.0 Å². The molecule has 0 aromatic heterocycles. The molecule has 0 unspecified atom stereocenters. The van der Waals surface area contributed by atoms with E-state index in [0.29, 0.717) is 6.04 Å². The second-order valence-corrected chi connectivity index (χ2v) is 7.01. The van der Waals surface area contributed by atoms with Crippen LogP contribution in [0.1, 0.15) is 78.1 Å². The Hall–Kier alpha value is -0.300. The molecule has 0 aromatic carbocycles. The van der Waals surface area contributed by atoms with Crippen LogP contribution >= 0.6 is 0 Å². The molecule has 0 heterocycles. The van der Waals surface area contributed by atoms with Crippen molar-refractivity contribution in [3.63, 3.8) is 0 Å². The molecule has 0 radical (unpaired) electrons. The molecule has 2 rings (SSSR count). The molecule has 0 aromatic rings. The van der Waals surface area contributed by atoms with Gasteiger partial charge in [-0.25, -0.2) is 0 Å². The van der Waals surface area contributed by atoms with Gasteiger partial charge in [0.25, 0.3) is 0 Å². The maximum absolute atomic E-state index is 3.66. The van der Waals surface area contributed by atoms with Crippen molar-refractivity contribution in [1.29, 1.82) is 0 Å². The lowest BCUT2D eigenvalue weighted by Crippen LogP contribution is -2.28. The molecule has 1 N–H and O–H groups in total. The highest BCUT2D eigenvalue weighted by Crippen LogP contribution is 2.33. The van der Waals surface area contributed by atoms with Crippen molar-refractivity contribution in [2.45, 2.75) is 84.1 Å². The first-order valence-corrected chi connectivity index (χ1v) is 8.69. The summed E-state index contributed by atoms with van der Waals surface area (Å²) in [6, 6.07) is 0.610. The fourth-order valence-corrected chi connectivity index (χ4v) is 3.74. The monoisotopic (exact) mass is 263 g/mol. The average molecular weight is 263 g/mol. The summed E-state index contributed by atoms with van der Waals surface area (Å²) in [6.45, 7) is 5.66. The van der Waals surface area contributed by atoms with E-state index in [4.69, 9.17) is 0 Å². The molecule has 2 fully saturated rings. The van der Waals surface area contributed by atoms with Crippen molar-refractivity contribution >= 4 is 0 Å². The Balaban J connectivity index is 1.96. The van der Waals surface area contributed by atoms with Gasteiger partial charge in [-0.3, -0.25) is 0 Å². The number of nitrogens with one attached hydrogen (secondary N) is 1. The summed E-state index contributed by atoms with van der Waals surface area (Å²) in [5.74, 6) is 1.78. The second kappa shape index (κ2) is 8.09. The van der Waals surface area contributed by atoms with Gasteiger partial charge in [-0.2, -0.15) is 0 Å². The molecule has 0 spiro atoms. The molecule has 19 heavy (non-hydrogen) atoms. The van der Waals surface area contributed by atoms with Crippen molar-refractivity contribution in [3.05, 3.63) is 11.6 Å². The van der Waals surface area contributed by atoms with E-state index in [0.717, 1.165) is 18.4 Å². The minimum absolute atomic E-state index is 0.610. The molecule has 2 aliphatic rings. The van der Waals surface area contributed by atoms with E-state index in [-0.39, 0.29) is 0 Å². The Morgan fingerprint density at radius 2 is 1.53 bits per heavy atom. The zero-order valence-electron chi connectivity index (χ0n) is 13.1. The number of allylic oxidation sites excluding steroid dienone is 1. The van der Waals surface area contributed by atoms with Gasteiger partial charge < -0.3 is 5.32 Å². The lowest BCUT2D eigenvalue weighted by atomic mass is 9.80. The van der Waals surface area contributed by atoms with Crippen LogP contribution in [0.2, 0.25) is 0 Å². The third-order valence-corrected chi connectivity index (χ3v) is 4.94. The van der Waals surface area contributed by atoms with Crippen LogP contribution in [0.15, 0.2) is 11.6 Å². The summed E-state index contributed by atoms with van der Waals surface area (Å²) in [4.78, 5) is 0. The van der Waals surface area contributed by atoms with Crippen LogP contribution in [0.5, 0.6) is 0 Å². The number of rotatable bonds is 5. The second-order valence-electron chi connectivity index (χ2n) is 7.01. The standard InChI is InChI=1S/C18H33N/c1-15(2)19-14-18(17-11-7-4-8-12-17)13-16-9-5-3-6-10-16/h13,15-17,19H,3-12,14H2,1-2H3. The molecule has 0 saturated heterocycles. The first-order valence-electron chi connectivity index (χ1n) is 8.69. The largest absolute Gasteiger partial charge is 0.311 e. The van der Waals surface area contributed by atoms with Crippen LogP contribution in [-0.4, -0.2) is 12.6 Å². The maximum Gasteiger partial charge on any atom is 0.0169 e. The Labute approximate surface area is 120 Å². The van der Waals surface area contributed by atoms with E-state index in [2.05, 4.69) is 25.2 Å². The fraction of sp³-hybridized carbons (Fsp3) is 0.889. The molecular formula is C18H33N. The maximum atomic E-state index is 3.66. The Bertz CT molecular complexity index is 267. The zero-order valence-corrected chi connectivity index (χ0v) is 13.1. The minimum atomic E-state index is 0.610. The molecule has 1 heteroatoms. The lowest BCUT2D eigenvalue weighted by Gasteiger charge is -2.28. The third-order valence-electron chi connectivity index (χ3n) is 4.94. The molecular weight excluding hydrogens is 230 g/mol. The quantitative estimate of drug-likeness (QED) is 0.683. The summed E-state index contributed by atoms with van der Waals surface area (Å²) < 4.78 is 0. The highest BCUT2D eigenvalue weighted by molar-refractivity contribution is 5.12. The van der Waals surface area contributed by atoms with Gasteiger partial charge >= 0.3 is 0 Å². The highest BCUT2D eigenvalue weighted by Gasteiger charge is 2.20. The summed E-state index contributed by atoms with van der Waals surface area (Å²) in [6.07, 6.45) is 17.2. The molecule has 2 saturated carbocycles. The van der Waals surface area contributed by atoms with Crippen LogP contribution in [-0.2, 0) is 0 Å². The van der Waals surface area contributed by atoms with Crippen molar-refractivity contribution < 1.29 is 0 Å². The van der Waals surface area contributed by atoms with Crippen molar-refractivity contribution in [2.24, 2.45) is 11.8 Å². The van der Waals surface area contributed by atoms with Gasteiger partial charge in [0.2, 0.25) is 0 Å². The van der Waals surface area contributed by atoms with Gasteiger partial charge in [0.05, 0.1) is 0 Å². The summed E-state index contributed by atoms with van der Waals surface area (Å²) in [5, 5.41) is 3.66. The van der Waals surface area contributed by atoms with Crippen LogP contribution < -0.4 is 5.32 Å². The third kappa shape index (κ3) is 5.30. The Morgan fingerprint density at radius 1 is 0.947 bits per heavy atom. The van der Waals surface area contributed by atoms with E-state index in [1.165, 1.54) is 64.2 Å².